The van der Waals surface area contributed by atoms with E-state index in [-0.39, 0.29) is 11.7 Å². The minimum atomic E-state index is -4.13. The lowest BCUT2D eigenvalue weighted by Gasteiger charge is -2.18. The molecule has 21 heavy (non-hydrogen) atoms. The first-order valence-corrected chi connectivity index (χ1v) is 6.99. The summed E-state index contributed by atoms with van der Waals surface area (Å²) >= 11 is 0. The van der Waals surface area contributed by atoms with Gasteiger partial charge < -0.3 is 10.4 Å². The predicted octanol–water partition coefficient (Wildman–Crippen LogP) is 2.07. The zero-order chi connectivity index (χ0) is 15.5. The maximum absolute atomic E-state index is 12.3. The highest BCUT2D eigenvalue weighted by atomic mass is 19.4. The third-order valence-electron chi connectivity index (χ3n) is 3.59. The van der Waals surface area contributed by atoms with Gasteiger partial charge in [0.2, 0.25) is 0 Å². The molecule has 2 heterocycles. The lowest BCUT2D eigenvalue weighted by Crippen LogP contribution is -2.33. The Kier molecular flexibility index (Phi) is 5.05. The maximum Gasteiger partial charge on any atom is 0.401 e. The molecule has 1 aromatic heterocycles. The number of nitrogens with zero attached hydrogens (tertiary/aromatic N) is 2. The molecule has 7 heteroatoms. The summed E-state index contributed by atoms with van der Waals surface area (Å²) in [6.07, 6.45) is -3.37. The Morgan fingerprint density at radius 2 is 2.19 bits per heavy atom. The van der Waals surface area contributed by atoms with Gasteiger partial charge in [-0.15, -0.1) is 0 Å². The Bertz CT molecular complexity index is 479. The molecule has 1 saturated heterocycles. The van der Waals surface area contributed by atoms with Crippen LogP contribution in [0.4, 0.5) is 13.2 Å². The van der Waals surface area contributed by atoms with Gasteiger partial charge in [-0.1, -0.05) is 0 Å². The number of pyridine rings is 1. The Morgan fingerprint density at radius 3 is 2.90 bits per heavy atom. The zero-order valence-corrected chi connectivity index (χ0v) is 12.0. The molecule has 0 aliphatic carbocycles. The maximum atomic E-state index is 12.3. The number of aryl methyl sites for hydroxylation is 1. The van der Waals surface area contributed by atoms with Gasteiger partial charge in [-0.3, -0.25) is 9.88 Å². The molecule has 1 aromatic rings. The molecule has 2 N–H and O–H groups in total. The van der Waals surface area contributed by atoms with Gasteiger partial charge in [0.15, 0.2) is 0 Å². The van der Waals surface area contributed by atoms with Crippen LogP contribution in [0.1, 0.15) is 17.8 Å². The highest BCUT2D eigenvalue weighted by Gasteiger charge is 2.34. The van der Waals surface area contributed by atoms with E-state index in [1.54, 1.807) is 12.1 Å². The summed E-state index contributed by atoms with van der Waals surface area (Å²) in [6, 6.07) is 3.32. The molecule has 0 amide bonds. The van der Waals surface area contributed by atoms with Crippen LogP contribution in [-0.2, 0) is 6.54 Å². The fraction of sp³-hybridized carbons (Fsp3) is 0.643. The first-order valence-electron chi connectivity index (χ1n) is 6.99. The Labute approximate surface area is 122 Å². The molecule has 1 aliphatic heterocycles. The summed E-state index contributed by atoms with van der Waals surface area (Å²) < 4.78 is 36.9. The van der Waals surface area contributed by atoms with Crippen molar-refractivity contribution in [3.63, 3.8) is 0 Å². The molecule has 0 unspecified atom stereocenters. The van der Waals surface area contributed by atoms with Crippen LogP contribution >= 0.6 is 0 Å². The third-order valence-corrected chi connectivity index (χ3v) is 3.59. The fourth-order valence-corrected chi connectivity index (χ4v) is 2.60. The van der Waals surface area contributed by atoms with Gasteiger partial charge >= 0.3 is 6.18 Å². The first-order chi connectivity index (χ1) is 9.83. The van der Waals surface area contributed by atoms with Crippen LogP contribution in [0, 0.1) is 12.8 Å². The average Bonchev–Trinajstić information content (AvgIpc) is 2.79. The van der Waals surface area contributed by atoms with E-state index in [1.165, 1.54) is 4.90 Å². The second kappa shape index (κ2) is 6.62. The van der Waals surface area contributed by atoms with Crippen LogP contribution in [0.15, 0.2) is 12.1 Å². The second-order valence-electron chi connectivity index (χ2n) is 5.55. The number of hydrogen-bond acceptors (Lipinski definition) is 4. The summed E-state index contributed by atoms with van der Waals surface area (Å²) in [5.41, 5.74) is 1.39. The van der Waals surface area contributed by atoms with Gasteiger partial charge in [-0.25, -0.2) is 0 Å². The number of likely N-dealkylation sites (tertiary alicyclic amines) is 1. The standard InChI is InChI=1S/C14H20F3N3O/c1-10-2-3-13(21)12(19-10)7-18-6-11-4-5-20(8-11)9-14(15,16)17/h2-3,11,18,21H,4-9H2,1H3/t11-/m1/s1. The fourth-order valence-electron chi connectivity index (χ4n) is 2.60. The number of hydrogen-bond donors (Lipinski definition) is 2. The average molecular weight is 303 g/mol. The van der Waals surface area contributed by atoms with Gasteiger partial charge in [-0.2, -0.15) is 13.2 Å². The van der Waals surface area contributed by atoms with E-state index in [4.69, 9.17) is 0 Å². The van der Waals surface area contributed by atoms with Crippen molar-refractivity contribution in [3.05, 3.63) is 23.5 Å². The number of rotatable bonds is 5. The Morgan fingerprint density at radius 1 is 1.43 bits per heavy atom. The van der Waals surface area contributed by atoms with Crippen molar-refractivity contribution in [2.45, 2.75) is 26.1 Å². The summed E-state index contributed by atoms with van der Waals surface area (Å²) in [7, 11) is 0. The molecule has 0 aromatic carbocycles. The van der Waals surface area contributed by atoms with Crippen molar-refractivity contribution in [2.75, 3.05) is 26.2 Å². The highest BCUT2D eigenvalue weighted by Crippen LogP contribution is 2.22. The third kappa shape index (κ3) is 5.17. The SMILES string of the molecule is Cc1ccc(O)c(CNC[C@H]2CCN(CC(F)(F)F)C2)n1. The summed E-state index contributed by atoms with van der Waals surface area (Å²) in [6.45, 7) is 3.00. The molecule has 0 spiro atoms. The monoisotopic (exact) mass is 303 g/mol. The topological polar surface area (TPSA) is 48.4 Å². The number of halogens is 3. The molecule has 0 saturated carbocycles. The molecule has 0 radical (unpaired) electrons. The molecule has 2 rings (SSSR count). The lowest BCUT2D eigenvalue weighted by atomic mass is 10.1. The van der Waals surface area contributed by atoms with Crippen molar-refractivity contribution >= 4 is 0 Å². The van der Waals surface area contributed by atoms with Crippen molar-refractivity contribution < 1.29 is 18.3 Å². The van der Waals surface area contributed by atoms with Gasteiger partial charge in [0.25, 0.3) is 0 Å². The number of alkyl halides is 3. The van der Waals surface area contributed by atoms with Crippen LogP contribution in [0.3, 0.4) is 0 Å². The highest BCUT2D eigenvalue weighted by molar-refractivity contribution is 5.27. The normalized spacial score (nSPS) is 20.1. The number of nitrogens with one attached hydrogen (secondary N) is 1. The molecule has 1 aliphatic rings. The van der Waals surface area contributed by atoms with Crippen LogP contribution in [0.2, 0.25) is 0 Å². The molecule has 1 fully saturated rings. The minimum absolute atomic E-state index is 0.137. The molecule has 1 atom stereocenters. The van der Waals surface area contributed by atoms with Crippen molar-refractivity contribution in [3.8, 4) is 5.75 Å². The zero-order valence-electron chi connectivity index (χ0n) is 12.0. The first kappa shape index (κ1) is 16.0. The van der Waals surface area contributed by atoms with Gasteiger partial charge in [0.1, 0.15) is 5.75 Å². The second-order valence-corrected chi connectivity index (χ2v) is 5.55. The van der Waals surface area contributed by atoms with Crippen LogP contribution < -0.4 is 5.32 Å². The van der Waals surface area contributed by atoms with E-state index in [0.29, 0.717) is 31.9 Å². The molecule has 4 nitrogen and oxygen atoms in total. The Balaban J connectivity index is 1.74. The van der Waals surface area contributed by atoms with E-state index in [2.05, 4.69) is 10.3 Å². The molecular weight excluding hydrogens is 283 g/mol. The summed E-state index contributed by atoms with van der Waals surface area (Å²) in [4.78, 5) is 5.67. The minimum Gasteiger partial charge on any atom is -0.506 e. The summed E-state index contributed by atoms with van der Waals surface area (Å²) in [5, 5.41) is 12.8. The van der Waals surface area contributed by atoms with E-state index in [0.717, 1.165) is 12.1 Å². The molecular formula is C14H20F3N3O. The van der Waals surface area contributed by atoms with Gasteiger partial charge in [0.05, 0.1) is 12.2 Å². The van der Waals surface area contributed by atoms with Gasteiger partial charge in [-0.05, 0) is 44.5 Å². The number of aromatic hydroxyl groups is 1. The summed E-state index contributed by atoms with van der Waals surface area (Å²) in [5.74, 6) is 0.345. The van der Waals surface area contributed by atoms with Gasteiger partial charge in [0, 0.05) is 18.8 Å². The molecule has 0 bridgehead atoms. The van der Waals surface area contributed by atoms with E-state index < -0.39 is 12.7 Å². The number of aromatic nitrogens is 1. The van der Waals surface area contributed by atoms with E-state index >= 15 is 0 Å². The quantitative estimate of drug-likeness (QED) is 0.874. The van der Waals surface area contributed by atoms with Crippen molar-refractivity contribution in [1.29, 1.82) is 0 Å². The largest absolute Gasteiger partial charge is 0.506 e. The van der Waals surface area contributed by atoms with Crippen LogP contribution in [-0.4, -0.2) is 47.3 Å². The van der Waals surface area contributed by atoms with E-state index in [9.17, 15) is 18.3 Å². The lowest BCUT2D eigenvalue weighted by molar-refractivity contribution is -0.143. The predicted molar refractivity (Wildman–Crippen MR) is 72.9 cm³/mol. The van der Waals surface area contributed by atoms with E-state index in [1.807, 2.05) is 6.92 Å². The van der Waals surface area contributed by atoms with Crippen LogP contribution in [0.25, 0.3) is 0 Å². The van der Waals surface area contributed by atoms with Crippen LogP contribution in [0.5, 0.6) is 5.75 Å². The Hall–Kier alpha value is -1.34. The smallest absolute Gasteiger partial charge is 0.401 e. The van der Waals surface area contributed by atoms with Crippen molar-refractivity contribution in [1.82, 2.24) is 15.2 Å². The van der Waals surface area contributed by atoms with Crippen molar-refractivity contribution in [2.24, 2.45) is 5.92 Å². The molecule has 118 valence electrons.